The van der Waals surface area contributed by atoms with Crippen LogP contribution in [0.2, 0.25) is 0 Å². The molecule has 0 saturated carbocycles. The van der Waals surface area contributed by atoms with Crippen LogP contribution in [-0.4, -0.2) is 40.9 Å². The first-order valence-corrected chi connectivity index (χ1v) is 8.09. The maximum absolute atomic E-state index is 12.6. The van der Waals surface area contributed by atoms with Crippen LogP contribution in [0.4, 0.5) is 0 Å². The molecule has 1 aromatic rings. The number of benzene rings is 1. The van der Waals surface area contributed by atoms with Crippen molar-refractivity contribution >= 4 is 17.7 Å². The molecule has 0 aromatic heterocycles. The van der Waals surface area contributed by atoms with E-state index in [1.807, 2.05) is 11.8 Å². The highest BCUT2D eigenvalue weighted by Crippen LogP contribution is 2.21. The summed E-state index contributed by atoms with van der Waals surface area (Å²) in [5.41, 5.74) is 2.65. The van der Waals surface area contributed by atoms with Gasteiger partial charge in [0.15, 0.2) is 0 Å². The second kappa shape index (κ2) is 5.55. The fourth-order valence-electron chi connectivity index (χ4n) is 2.88. The Balaban J connectivity index is 1.72. The molecular weight excluding hydrogens is 256 g/mol. The SMILES string of the molecule is CC1CSCCN1C(=O)[C@H]1Cc2ccccc2CN1. The Morgan fingerprint density at radius 1 is 1.37 bits per heavy atom. The molecule has 2 atom stereocenters. The van der Waals surface area contributed by atoms with Crippen LogP contribution in [0.1, 0.15) is 18.1 Å². The Morgan fingerprint density at radius 2 is 2.16 bits per heavy atom. The molecule has 3 nitrogen and oxygen atoms in total. The van der Waals surface area contributed by atoms with Gasteiger partial charge in [-0.05, 0) is 24.5 Å². The zero-order chi connectivity index (χ0) is 13.2. The Labute approximate surface area is 118 Å². The summed E-state index contributed by atoms with van der Waals surface area (Å²) >= 11 is 1.95. The van der Waals surface area contributed by atoms with Gasteiger partial charge >= 0.3 is 0 Å². The molecule has 1 amide bonds. The predicted molar refractivity (Wildman–Crippen MR) is 79.3 cm³/mol. The molecule has 102 valence electrons. The summed E-state index contributed by atoms with van der Waals surface area (Å²) in [7, 11) is 0. The molecule has 4 heteroatoms. The standard InChI is InChI=1S/C15H20N2OS/c1-11-10-19-7-6-17(11)15(18)14-8-12-4-2-3-5-13(12)9-16-14/h2-5,11,14,16H,6-10H2,1H3/t11?,14-/m1/s1. The van der Waals surface area contributed by atoms with Crippen molar-refractivity contribution in [1.82, 2.24) is 10.2 Å². The average Bonchev–Trinajstić information content (AvgIpc) is 2.46. The maximum atomic E-state index is 12.6. The van der Waals surface area contributed by atoms with Gasteiger partial charge < -0.3 is 10.2 Å². The Bertz CT molecular complexity index is 477. The number of amides is 1. The van der Waals surface area contributed by atoms with E-state index in [0.29, 0.717) is 6.04 Å². The lowest BCUT2D eigenvalue weighted by molar-refractivity contribution is -0.135. The molecule has 2 heterocycles. The molecule has 3 rings (SSSR count). The smallest absolute Gasteiger partial charge is 0.240 e. The number of rotatable bonds is 1. The summed E-state index contributed by atoms with van der Waals surface area (Å²) in [4.78, 5) is 14.7. The highest BCUT2D eigenvalue weighted by molar-refractivity contribution is 7.99. The number of nitrogens with one attached hydrogen (secondary N) is 1. The Hall–Kier alpha value is -1.00. The average molecular weight is 276 g/mol. The van der Waals surface area contributed by atoms with E-state index in [1.165, 1.54) is 11.1 Å². The van der Waals surface area contributed by atoms with Gasteiger partial charge in [0.05, 0.1) is 6.04 Å². The molecule has 2 aliphatic rings. The van der Waals surface area contributed by atoms with Gasteiger partial charge in [0, 0.05) is 30.6 Å². The molecule has 0 radical (unpaired) electrons. The number of thioether (sulfide) groups is 1. The van der Waals surface area contributed by atoms with Crippen LogP contribution in [0.25, 0.3) is 0 Å². The lowest BCUT2D eigenvalue weighted by atomic mass is 9.95. The van der Waals surface area contributed by atoms with Gasteiger partial charge in [0.2, 0.25) is 5.91 Å². The van der Waals surface area contributed by atoms with Gasteiger partial charge in [0.1, 0.15) is 0 Å². The second-order valence-corrected chi connectivity index (χ2v) is 6.51. The fraction of sp³-hybridized carbons (Fsp3) is 0.533. The van der Waals surface area contributed by atoms with Gasteiger partial charge in [-0.25, -0.2) is 0 Å². The topological polar surface area (TPSA) is 32.3 Å². The minimum absolute atomic E-state index is 0.0413. The van der Waals surface area contributed by atoms with E-state index < -0.39 is 0 Å². The van der Waals surface area contributed by atoms with Crippen molar-refractivity contribution in [3.63, 3.8) is 0 Å². The normalized spacial score (nSPS) is 26.9. The molecule has 1 unspecified atom stereocenters. The summed E-state index contributed by atoms with van der Waals surface area (Å²) in [6.07, 6.45) is 0.825. The number of carbonyl (C=O) groups excluding carboxylic acids is 1. The summed E-state index contributed by atoms with van der Waals surface area (Å²) in [5.74, 6) is 2.41. The first-order chi connectivity index (χ1) is 9.25. The Morgan fingerprint density at radius 3 is 2.95 bits per heavy atom. The number of fused-ring (bicyclic) bond motifs is 1. The van der Waals surface area contributed by atoms with Crippen molar-refractivity contribution in [2.24, 2.45) is 0 Å². The van der Waals surface area contributed by atoms with E-state index in [9.17, 15) is 4.79 Å². The van der Waals surface area contributed by atoms with E-state index in [-0.39, 0.29) is 11.9 Å². The van der Waals surface area contributed by atoms with Gasteiger partial charge in [-0.3, -0.25) is 4.79 Å². The third-order valence-corrected chi connectivity index (χ3v) is 5.22. The number of hydrogen-bond acceptors (Lipinski definition) is 3. The van der Waals surface area contributed by atoms with Crippen LogP contribution < -0.4 is 5.32 Å². The maximum Gasteiger partial charge on any atom is 0.240 e. The molecule has 1 aromatic carbocycles. The monoisotopic (exact) mass is 276 g/mol. The van der Waals surface area contributed by atoms with Crippen LogP contribution >= 0.6 is 11.8 Å². The van der Waals surface area contributed by atoms with Crippen LogP contribution in [0.15, 0.2) is 24.3 Å². The number of hydrogen-bond donors (Lipinski definition) is 1. The van der Waals surface area contributed by atoms with Crippen molar-refractivity contribution < 1.29 is 4.79 Å². The molecular formula is C15H20N2OS. The zero-order valence-corrected chi connectivity index (χ0v) is 12.1. The van der Waals surface area contributed by atoms with Gasteiger partial charge in [0.25, 0.3) is 0 Å². The van der Waals surface area contributed by atoms with Crippen LogP contribution in [0.3, 0.4) is 0 Å². The van der Waals surface area contributed by atoms with Crippen LogP contribution in [-0.2, 0) is 17.8 Å². The number of carbonyl (C=O) groups is 1. The summed E-state index contributed by atoms with van der Waals surface area (Å²) < 4.78 is 0. The lowest BCUT2D eigenvalue weighted by Crippen LogP contribution is -2.54. The van der Waals surface area contributed by atoms with Crippen molar-refractivity contribution in [3.05, 3.63) is 35.4 Å². The molecule has 0 bridgehead atoms. The van der Waals surface area contributed by atoms with E-state index in [4.69, 9.17) is 0 Å². The first-order valence-electron chi connectivity index (χ1n) is 6.94. The quantitative estimate of drug-likeness (QED) is 0.847. The highest BCUT2D eigenvalue weighted by atomic mass is 32.2. The minimum atomic E-state index is -0.0413. The van der Waals surface area contributed by atoms with Crippen molar-refractivity contribution in [2.45, 2.75) is 32.0 Å². The highest BCUT2D eigenvalue weighted by Gasteiger charge is 2.31. The van der Waals surface area contributed by atoms with E-state index in [1.54, 1.807) is 0 Å². The largest absolute Gasteiger partial charge is 0.337 e. The Kier molecular flexibility index (Phi) is 3.80. The fourth-order valence-corrected chi connectivity index (χ4v) is 3.90. The molecule has 0 aliphatic carbocycles. The van der Waals surface area contributed by atoms with E-state index in [0.717, 1.165) is 31.0 Å². The summed E-state index contributed by atoms with van der Waals surface area (Å²) in [6, 6.07) is 8.73. The number of nitrogens with zero attached hydrogens (tertiary/aromatic N) is 1. The minimum Gasteiger partial charge on any atom is -0.337 e. The molecule has 1 saturated heterocycles. The second-order valence-electron chi connectivity index (χ2n) is 5.36. The predicted octanol–water partition coefficient (Wildman–Crippen LogP) is 1.66. The summed E-state index contributed by atoms with van der Waals surface area (Å²) in [6.45, 7) is 3.86. The molecule has 19 heavy (non-hydrogen) atoms. The molecule has 2 aliphatic heterocycles. The molecule has 0 spiro atoms. The van der Waals surface area contributed by atoms with Crippen LogP contribution in [0.5, 0.6) is 0 Å². The van der Waals surface area contributed by atoms with E-state index >= 15 is 0 Å². The van der Waals surface area contributed by atoms with Gasteiger partial charge in [-0.15, -0.1) is 0 Å². The lowest BCUT2D eigenvalue weighted by Gasteiger charge is -2.37. The van der Waals surface area contributed by atoms with Crippen LogP contribution in [0, 0.1) is 0 Å². The van der Waals surface area contributed by atoms with Crippen molar-refractivity contribution in [3.8, 4) is 0 Å². The van der Waals surface area contributed by atoms with Crippen molar-refractivity contribution in [1.29, 1.82) is 0 Å². The molecule has 1 N–H and O–H groups in total. The first kappa shape index (κ1) is 13.0. The third-order valence-electron chi connectivity index (χ3n) is 4.03. The van der Waals surface area contributed by atoms with Gasteiger partial charge in [-0.2, -0.15) is 11.8 Å². The zero-order valence-electron chi connectivity index (χ0n) is 11.3. The van der Waals surface area contributed by atoms with Crippen molar-refractivity contribution in [2.75, 3.05) is 18.1 Å². The third kappa shape index (κ3) is 2.65. The summed E-state index contributed by atoms with van der Waals surface area (Å²) in [5, 5.41) is 3.39. The van der Waals surface area contributed by atoms with E-state index in [2.05, 4.69) is 41.4 Å². The molecule has 1 fully saturated rings. The van der Waals surface area contributed by atoms with Gasteiger partial charge in [-0.1, -0.05) is 24.3 Å².